The highest BCUT2D eigenvalue weighted by Crippen LogP contribution is 2.37. The van der Waals surface area contributed by atoms with Crippen LogP contribution in [0.5, 0.6) is 22.4 Å². The van der Waals surface area contributed by atoms with Crippen molar-refractivity contribution in [3.05, 3.63) is 88.5 Å². The Labute approximate surface area is 230 Å². The number of ether oxygens (including phenoxy) is 4. The summed E-state index contributed by atoms with van der Waals surface area (Å²) in [4.78, 5) is 5.34. The Morgan fingerprint density at radius 1 is 0.921 bits per heavy atom. The minimum Gasteiger partial charge on any atom is -0.496 e. The van der Waals surface area contributed by atoms with Crippen molar-refractivity contribution in [2.24, 2.45) is 0 Å². The Kier molecular flexibility index (Phi) is 6.65. The molecule has 0 unspecified atom stereocenters. The molecular weight excluding hydrogens is 570 g/mol. The molecule has 3 aromatic carbocycles. The topological polar surface area (TPSA) is 80.2 Å². The van der Waals surface area contributed by atoms with E-state index in [4.69, 9.17) is 23.4 Å². The van der Waals surface area contributed by atoms with Gasteiger partial charge in [-0.1, -0.05) is 46.3 Å². The lowest BCUT2D eigenvalue weighted by molar-refractivity contribution is 0.296. The highest BCUT2D eigenvalue weighted by atomic mass is 79.9. The summed E-state index contributed by atoms with van der Waals surface area (Å²) in [6, 6.07) is 21.5. The number of halogens is 1. The standard InChI is InChI=1S/C28H22BrN3O5S/c1-33-20-11-24(36-15-17-6-5-8-19(10-17)35-16-18-7-3-4-9-22(18)29)21-13-26(37-25(21)12-20)23-14-32-27(30-23)38-28(31-32)34-2/h3-14H,15-16H2,1-2H3. The molecule has 3 aromatic heterocycles. The number of methoxy groups -OCH3 is 2. The van der Waals surface area contributed by atoms with Crippen molar-refractivity contribution < 1.29 is 23.4 Å². The molecule has 0 amide bonds. The first kappa shape index (κ1) is 24.3. The third-order valence-corrected chi connectivity index (χ3v) is 7.56. The predicted molar refractivity (Wildman–Crippen MR) is 148 cm³/mol. The van der Waals surface area contributed by atoms with Crippen LogP contribution in [0.3, 0.4) is 0 Å². The summed E-state index contributed by atoms with van der Waals surface area (Å²) in [7, 11) is 3.20. The minimum absolute atomic E-state index is 0.346. The number of hydrogen-bond donors (Lipinski definition) is 0. The van der Waals surface area contributed by atoms with E-state index < -0.39 is 0 Å². The second kappa shape index (κ2) is 10.4. The molecule has 0 atom stereocenters. The molecule has 0 radical (unpaired) electrons. The summed E-state index contributed by atoms with van der Waals surface area (Å²) in [6.07, 6.45) is 1.81. The van der Waals surface area contributed by atoms with E-state index in [9.17, 15) is 0 Å². The summed E-state index contributed by atoms with van der Waals surface area (Å²) in [5.74, 6) is 2.66. The van der Waals surface area contributed by atoms with Gasteiger partial charge in [0.1, 0.15) is 41.7 Å². The molecule has 192 valence electrons. The van der Waals surface area contributed by atoms with Gasteiger partial charge in [-0.15, -0.1) is 5.10 Å². The lowest BCUT2D eigenvalue weighted by Gasteiger charge is -2.11. The van der Waals surface area contributed by atoms with Gasteiger partial charge in [-0.25, -0.2) is 9.50 Å². The highest BCUT2D eigenvalue weighted by molar-refractivity contribution is 9.10. The number of hydrogen-bond acceptors (Lipinski definition) is 8. The van der Waals surface area contributed by atoms with Crippen LogP contribution in [0.15, 0.2) is 81.8 Å². The molecule has 0 spiro atoms. The van der Waals surface area contributed by atoms with Crippen LogP contribution in [0.4, 0.5) is 0 Å². The van der Waals surface area contributed by atoms with E-state index in [1.807, 2.05) is 72.9 Å². The first-order valence-corrected chi connectivity index (χ1v) is 13.3. The number of nitrogens with zero attached hydrogens (tertiary/aromatic N) is 3. The number of benzene rings is 3. The van der Waals surface area contributed by atoms with Gasteiger partial charge in [0.15, 0.2) is 5.76 Å². The van der Waals surface area contributed by atoms with Gasteiger partial charge in [-0.2, -0.15) is 0 Å². The maximum atomic E-state index is 6.25. The van der Waals surface area contributed by atoms with Crippen molar-refractivity contribution in [2.45, 2.75) is 13.2 Å². The first-order valence-electron chi connectivity index (χ1n) is 11.7. The first-order chi connectivity index (χ1) is 18.6. The zero-order valence-electron chi connectivity index (χ0n) is 20.5. The molecule has 0 fully saturated rings. The molecule has 8 nitrogen and oxygen atoms in total. The minimum atomic E-state index is 0.346. The van der Waals surface area contributed by atoms with Crippen molar-refractivity contribution in [2.75, 3.05) is 14.2 Å². The quantitative estimate of drug-likeness (QED) is 0.177. The molecule has 6 rings (SSSR count). The molecule has 3 heterocycles. The smallest absolute Gasteiger partial charge is 0.294 e. The van der Waals surface area contributed by atoms with Crippen LogP contribution in [0.1, 0.15) is 11.1 Å². The predicted octanol–water partition coefficient (Wildman–Crippen LogP) is 7.14. The average Bonchev–Trinajstić information content (AvgIpc) is 3.64. The van der Waals surface area contributed by atoms with Gasteiger partial charge in [0.05, 0.1) is 25.8 Å². The van der Waals surface area contributed by atoms with Gasteiger partial charge in [0.25, 0.3) is 5.19 Å². The number of furan rings is 1. The van der Waals surface area contributed by atoms with Gasteiger partial charge in [-0.3, -0.25) is 0 Å². The summed E-state index contributed by atoms with van der Waals surface area (Å²) >= 11 is 4.92. The Morgan fingerprint density at radius 2 is 1.82 bits per heavy atom. The molecule has 0 aliphatic rings. The van der Waals surface area contributed by atoms with Crippen LogP contribution >= 0.6 is 27.3 Å². The van der Waals surface area contributed by atoms with Crippen LogP contribution in [0.2, 0.25) is 0 Å². The second-order valence-electron chi connectivity index (χ2n) is 8.39. The SMILES string of the molecule is COc1cc(OCc2cccc(OCc3ccccc3Br)c2)c2cc(-c3cn4nc(OC)sc4n3)oc2c1. The van der Waals surface area contributed by atoms with Crippen LogP contribution < -0.4 is 18.9 Å². The van der Waals surface area contributed by atoms with E-state index >= 15 is 0 Å². The molecule has 0 saturated carbocycles. The fourth-order valence-corrected chi connectivity index (χ4v) is 5.09. The Bertz CT molecular complexity index is 1710. The summed E-state index contributed by atoms with van der Waals surface area (Å²) in [5.41, 5.74) is 3.36. The molecule has 0 saturated heterocycles. The lowest BCUT2D eigenvalue weighted by Crippen LogP contribution is -1.99. The fourth-order valence-electron chi connectivity index (χ4n) is 3.99. The Hall–Kier alpha value is -4.02. The monoisotopic (exact) mass is 591 g/mol. The average molecular weight is 592 g/mol. The van der Waals surface area contributed by atoms with E-state index in [-0.39, 0.29) is 0 Å². The van der Waals surface area contributed by atoms with Gasteiger partial charge >= 0.3 is 0 Å². The van der Waals surface area contributed by atoms with Gasteiger partial charge in [0.2, 0.25) is 4.96 Å². The Morgan fingerprint density at radius 3 is 2.63 bits per heavy atom. The van der Waals surface area contributed by atoms with Crippen molar-refractivity contribution in [3.8, 4) is 33.9 Å². The van der Waals surface area contributed by atoms with E-state index in [1.54, 1.807) is 18.7 Å². The van der Waals surface area contributed by atoms with Crippen molar-refractivity contribution in [1.29, 1.82) is 0 Å². The largest absolute Gasteiger partial charge is 0.496 e. The molecule has 38 heavy (non-hydrogen) atoms. The molecule has 0 aliphatic heterocycles. The zero-order valence-corrected chi connectivity index (χ0v) is 22.9. The van der Waals surface area contributed by atoms with E-state index in [1.165, 1.54) is 11.3 Å². The molecule has 0 bridgehead atoms. The Balaban J connectivity index is 1.22. The van der Waals surface area contributed by atoms with Gasteiger partial charge in [0, 0.05) is 22.2 Å². The van der Waals surface area contributed by atoms with Gasteiger partial charge in [-0.05, 0) is 41.2 Å². The fraction of sp³-hybridized carbons (Fsp3) is 0.143. The van der Waals surface area contributed by atoms with Crippen LogP contribution in [-0.4, -0.2) is 28.8 Å². The van der Waals surface area contributed by atoms with Gasteiger partial charge < -0.3 is 23.4 Å². The maximum absolute atomic E-state index is 6.25. The number of imidazole rings is 1. The van der Waals surface area contributed by atoms with Crippen molar-refractivity contribution in [1.82, 2.24) is 14.6 Å². The summed E-state index contributed by atoms with van der Waals surface area (Å²) < 4.78 is 31.8. The van der Waals surface area contributed by atoms with Crippen molar-refractivity contribution in [3.63, 3.8) is 0 Å². The highest BCUT2D eigenvalue weighted by Gasteiger charge is 2.17. The molecule has 10 heteroatoms. The van der Waals surface area contributed by atoms with E-state index in [2.05, 4.69) is 26.0 Å². The number of aromatic nitrogens is 3. The third kappa shape index (κ3) is 4.92. The van der Waals surface area contributed by atoms with E-state index in [0.717, 1.165) is 26.7 Å². The lowest BCUT2D eigenvalue weighted by atomic mass is 10.2. The number of fused-ring (bicyclic) bond motifs is 2. The van der Waals surface area contributed by atoms with Crippen molar-refractivity contribution >= 4 is 43.2 Å². The van der Waals surface area contributed by atoms with Crippen LogP contribution in [-0.2, 0) is 13.2 Å². The number of rotatable bonds is 9. The second-order valence-corrected chi connectivity index (χ2v) is 10.2. The summed E-state index contributed by atoms with van der Waals surface area (Å²) in [5, 5.41) is 5.70. The third-order valence-electron chi connectivity index (χ3n) is 5.91. The van der Waals surface area contributed by atoms with E-state index in [0.29, 0.717) is 51.9 Å². The molecular formula is C28H22BrN3O5S. The maximum Gasteiger partial charge on any atom is 0.294 e. The molecule has 0 aliphatic carbocycles. The summed E-state index contributed by atoms with van der Waals surface area (Å²) in [6.45, 7) is 0.813. The van der Waals surface area contributed by atoms with Crippen LogP contribution in [0.25, 0.3) is 27.4 Å². The molecule has 0 N–H and O–H groups in total. The zero-order chi connectivity index (χ0) is 26.1. The normalized spacial score (nSPS) is 11.2. The molecule has 6 aromatic rings. The van der Waals surface area contributed by atoms with Crippen LogP contribution in [0, 0.1) is 0 Å².